The van der Waals surface area contributed by atoms with Crippen LogP contribution in [0.3, 0.4) is 0 Å². The van der Waals surface area contributed by atoms with Gasteiger partial charge in [0, 0.05) is 17.6 Å². The smallest absolute Gasteiger partial charge is 0.258 e. The van der Waals surface area contributed by atoms with Gasteiger partial charge in [0.25, 0.3) is 5.91 Å². The molecule has 0 unspecified atom stereocenters. The van der Waals surface area contributed by atoms with E-state index in [0.717, 1.165) is 6.07 Å². The van der Waals surface area contributed by atoms with Crippen molar-refractivity contribution in [1.29, 1.82) is 0 Å². The van der Waals surface area contributed by atoms with E-state index in [1.165, 1.54) is 17.0 Å². The molecular weight excluding hydrogens is 302 g/mol. The third-order valence-corrected chi connectivity index (χ3v) is 3.35. The molecule has 0 aliphatic rings. The average Bonchev–Trinajstić information content (AvgIpc) is 2.43. The van der Waals surface area contributed by atoms with E-state index in [1.807, 2.05) is 0 Å². The summed E-state index contributed by atoms with van der Waals surface area (Å²) in [6.45, 7) is 0. The van der Waals surface area contributed by atoms with Crippen molar-refractivity contribution in [3.63, 3.8) is 0 Å². The number of anilines is 2. The Morgan fingerprint density at radius 1 is 1.20 bits per heavy atom. The summed E-state index contributed by atoms with van der Waals surface area (Å²) < 4.78 is 13.1. The van der Waals surface area contributed by atoms with Crippen LogP contribution in [0.25, 0.3) is 0 Å². The molecule has 0 aliphatic heterocycles. The van der Waals surface area contributed by atoms with Gasteiger partial charge in [0.2, 0.25) is 0 Å². The molecule has 0 aromatic heterocycles. The molecule has 1 amide bonds. The van der Waals surface area contributed by atoms with Crippen LogP contribution in [0.15, 0.2) is 36.4 Å². The maximum atomic E-state index is 13.1. The number of carbonyl (C=O) groups excluding carboxylic acids is 1. The lowest BCUT2D eigenvalue weighted by Crippen LogP contribution is -2.27. The fourth-order valence-electron chi connectivity index (χ4n) is 1.74. The molecule has 2 rings (SSSR count). The highest BCUT2D eigenvalue weighted by Gasteiger charge is 2.17. The zero-order valence-electron chi connectivity index (χ0n) is 10.5. The van der Waals surface area contributed by atoms with Gasteiger partial charge in [0.1, 0.15) is 5.82 Å². The molecule has 20 heavy (non-hydrogen) atoms. The van der Waals surface area contributed by atoms with Crippen LogP contribution in [0, 0.1) is 5.82 Å². The van der Waals surface area contributed by atoms with E-state index in [4.69, 9.17) is 28.9 Å². The van der Waals surface area contributed by atoms with E-state index in [1.54, 1.807) is 25.2 Å². The SMILES string of the molecule is CN(C(=O)c1ccc(F)c(Cl)c1)c1cc(Cl)ccc1N. The first-order valence-electron chi connectivity index (χ1n) is 5.68. The Morgan fingerprint density at radius 2 is 1.90 bits per heavy atom. The third kappa shape index (κ3) is 2.86. The second-order valence-corrected chi connectivity index (χ2v) is 5.04. The number of nitrogen functional groups attached to an aromatic ring is 1. The summed E-state index contributed by atoms with van der Waals surface area (Å²) in [5.41, 5.74) is 6.97. The fraction of sp³-hybridized carbons (Fsp3) is 0.0714. The Balaban J connectivity index is 2.37. The van der Waals surface area contributed by atoms with Crippen LogP contribution in [-0.2, 0) is 0 Å². The Kier molecular flexibility index (Phi) is 4.16. The van der Waals surface area contributed by atoms with E-state index in [2.05, 4.69) is 0 Å². The second kappa shape index (κ2) is 5.69. The number of hydrogen-bond acceptors (Lipinski definition) is 2. The maximum absolute atomic E-state index is 13.1. The summed E-state index contributed by atoms with van der Waals surface area (Å²) in [5.74, 6) is -0.936. The van der Waals surface area contributed by atoms with Crippen molar-refractivity contribution in [1.82, 2.24) is 0 Å². The molecular formula is C14H11Cl2FN2O. The Hall–Kier alpha value is -1.78. The largest absolute Gasteiger partial charge is 0.397 e. The van der Waals surface area contributed by atoms with Gasteiger partial charge in [-0.2, -0.15) is 0 Å². The first-order valence-corrected chi connectivity index (χ1v) is 6.44. The molecule has 3 nitrogen and oxygen atoms in total. The van der Waals surface area contributed by atoms with E-state index >= 15 is 0 Å². The minimum Gasteiger partial charge on any atom is -0.397 e. The molecule has 6 heteroatoms. The Bertz CT molecular complexity index is 676. The standard InChI is InChI=1S/C14H11Cl2FN2O/c1-19(13-7-9(15)3-5-12(13)18)14(20)8-2-4-11(17)10(16)6-8/h2-7H,18H2,1H3. The number of carbonyl (C=O) groups is 1. The highest BCUT2D eigenvalue weighted by Crippen LogP contribution is 2.27. The van der Waals surface area contributed by atoms with Crippen LogP contribution in [0.2, 0.25) is 10.0 Å². The first-order chi connectivity index (χ1) is 9.40. The number of hydrogen-bond donors (Lipinski definition) is 1. The van der Waals surface area contributed by atoms with Crippen molar-refractivity contribution in [2.75, 3.05) is 17.7 Å². The van der Waals surface area contributed by atoms with Gasteiger partial charge >= 0.3 is 0 Å². The van der Waals surface area contributed by atoms with Crippen LogP contribution in [0.1, 0.15) is 10.4 Å². The van der Waals surface area contributed by atoms with Crippen LogP contribution >= 0.6 is 23.2 Å². The normalized spacial score (nSPS) is 10.4. The van der Waals surface area contributed by atoms with E-state index in [9.17, 15) is 9.18 Å². The van der Waals surface area contributed by atoms with Crippen molar-refractivity contribution in [2.45, 2.75) is 0 Å². The number of amides is 1. The Morgan fingerprint density at radius 3 is 2.55 bits per heavy atom. The second-order valence-electron chi connectivity index (χ2n) is 4.20. The lowest BCUT2D eigenvalue weighted by Gasteiger charge is -2.19. The highest BCUT2D eigenvalue weighted by molar-refractivity contribution is 6.31. The molecule has 2 N–H and O–H groups in total. The lowest BCUT2D eigenvalue weighted by atomic mass is 10.1. The van der Waals surface area contributed by atoms with E-state index < -0.39 is 5.82 Å². The topological polar surface area (TPSA) is 46.3 Å². The van der Waals surface area contributed by atoms with Crippen LogP contribution in [0.4, 0.5) is 15.8 Å². The van der Waals surface area contributed by atoms with Crippen molar-refractivity contribution in [3.8, 4) is 0 Å². The summed E-state index contributed by atoms with van der Waals surface area (Å²) in [6.07, 6.45) is 0. The van der Waals surface area contributed by atoms with Gasteiger partial charge in [0.15, 0.2) is 0 Å². The summed E-state index contributed by atoms with van der Waals surface area (Å²) in [6, 6.07) is 8.61. The van der Waals surface area contributed by atoms with Gasteiger partial charge in [-0.1, -0.05) is 23.2 Å². The molecule has 2 aromatic carbocycles. The van der Waals surface area contributed by atoms with Gasteiger partial charge in [-0.25, -0.2) is 4.39 Å². The quantitative estimate of drug-likeness (QED) is 0.852. The first kappa shape index (κ1) is 14.6. The zero-order chi connectivity index (χ0) is 14.9. The number of rotatable bonds is 2. The number of nitrogens with zero attached hydrogens (tertiary/aromatic N) is 1. The van der Waals surface area contributed by atoms with Gasteiger partial charge in [-0.15, -0.1) is 0 Å². The molecule has 2 aromatic rings. The highest BCUT2D eigenvalue weighted by atomic mass is 35.5. The average molecular weight is 313 g/mol. The lowest BCUT2D eigenvalue weighted by molar-refractivity contribution is 0.0993. The molecule has 0 aliphatic carbocycles. The predicted octanol–water partition coefficient (Wildman–Crippen LogP) is 3.99. The maximum Gasteiger partial charge on any atom is 0.258 e. The summed E-state index contributed by atoms with van der Waals surface area (Å²) >= 11 is 11.6. The number of nitrogens with two attached hydrogens (primary N) is 1. The molecule has 0 heterocycles. The van der Waals surface area contributed by atoms with Gasteiger partial charge in [0.05, 0.1) is 16.4 Å². The Labute approximate surface area is 125 Å². The number of benzene rings is 2. The van der Waals surface area contributed by atoms with Crippen molar-refractivity contribution >= 4 is 40.5 Å². The van der Waals surface area contributed by atoms with Gasteiger partial charge < -0.3 is 10.6 Å². The fourth-order valence-corrected chi connectivity index (χ4v) is 2.09. The summed E-state index contributed by atoms with van der Waals surface area (Å²) in [4.78, 5) is 13.7. The molecule has 0 spiro atoms. The van der Waals surface area contributed by atoms with Crippen LogP contribution < -0.4 is 10.6 Å². The minimum absolute atomic E-state index is 0.108. The molecule has 104 valence electrons. The van der Waals surface area contributed by atoms with Gasteiger partial charge in [-0.3, -0.25) is 4.79 Å². The zero-order valence-corrected chi connectivity index (χ0v) is 12.0. The van der Waals surface area contributed by atoms with Crippen LogP contribution in [-0.4, -0.2) is 13.0 Å². The summed E-state index contributed by atoms with van der Waals surface area (Å²) in [5, 5.41) is 0.356. The molecule has 0 bridgehead atoms. The molecule has 0 saturated carbocycles. The monoisotopic (exact) mass is 312 g/mol. The van der Waals surface area contributed by atoms with Crippen LogP contribution in [0.5, 0.6) is 0 Å². The number of halogens is 3. The van der Waals surface area contributed by atoms with Gasteiger partial charge in [-0.05, 0) is 36.4 Å². The van der Waals surface area contributed by atoms with E-state index in [0.29, 0.717) is 16.4 Å². The predicted molar refractivity (Wildman–Crippen MR) is 80.0 cm³/mol. The summed E-state index contributed by atoms with van der Waals surface area (Å²) in [7, 11) is 1.56. The van der Waals surface area contributed by atoms with Crippen molar-refractivity contribution < 1.29 is 9.18 Å². The molecule has 0 saturated heterocycles. The minimum atomic E-state index is -0.576. The third-order valence-electron chi connectivity index (χ3n) is 2.83. The molecule has 0 fully saturated rings. The van der Waals surface area contributed by atoms with Crippen molar-refractivity contribution in [2.24, 2.45) is 0 Å². The van der Waals surface area contributed by atoms with Crippen molar-refractivity contribution in [3.05, 3.63) is 57.8 Å². The molecule has 0 atom stereocenters. The molecule has 0 radical (unpaired) electrons. The van der Waals surface area contributed by atoms with E-state index in [-0.39, 0.29) is 16.5 Å².